The van der Waals surface area contributed by atoms with Crippen LogP contribution in [0.4, 0.5) is 0 Å². The molecular formula is C15H21ClN4OS. The summed E-state index contributed by atoms with van der Waals surface area (Å²) in [6, 6.07) is 2.75. The Morgan fingerprint density at radius 1 is 1.45 bits per heavy atom. The van der Waals surface area contributed by atoms with Crippen LogP contribution in [0.2, 0.25) is 4.34 Å². The van der Waals surface area contributed by atoms with Gasteiger partial charge in [-0.25, -0.2) is 0 Å². The van der Waals surface area contributed by atoms with Gasteiger partial charge in [0, 0.05) is 30.6 Å². The van der Waals surface area contributed by atoms with Gasteiger partial charge in [-0.1, -0.05) is 11.6 Å². The molecule has 4 rings (SSSR count). The Morgan fingerprint density at radius 2 is 2.32 bits per heavy atom. The number of piperidine rings is 1. The quantitative estimate of drug-likeness (QED) is 0.731. The Morgan fingerprint density at radius 3 is 3.09 bits per heavy atom. The minimum Gasteiger partial charge on any atom is -0.369 e. The molecule has 1 spiro atoms. The maximum Gasteiger partial charge on any atom is 0.106 e. The first-order valence-corrected chi connectivity index (χ1v) is 8.90. The molecule has 0 aromatic carbocycles. The van der Waals surface area contributed by atoms with E-state index in [2.05, 4.69) is 35.5 Å². The highest BCUT2D eigenvalue weighted by Gasteiger charge is 2.46. The highest BCUT2D eigenvalue weighted by atomic mass is 35.5. The van der Waals surface area contributed by atoms with Crippen molar-refractivity contribution in [2.75, 3.05) is 13.7 Å². The van der Waals surface area contributed by atoms with Crippen LogP contribution in [0.5, 0.6) is 0 Å². The predicted octanol–water partition coefficient (Wildman–Crippen LogP) is 2.11. The van der Waals surface area contributed by atoms with E-state index in [0.717, 1.165) is 35.9 Å². The van der Waals surface area contributed by atoms with E-state index in [1.54, 1.807) is 11.3 Å². The molecular weight excluding hydrogens is 320 g/mol. The zero-order valence-corrected chi connectivity index (χ0v) is 14.4. The zero-order chi connectivity index (χ0) is 15.3. The molecule has 1 saturated heterocycles. The average molecular weight is 341 g/mol. The van der Waals surface area contributed by atoms with Crippen molar-refractivity contribution in [1.29, 1.82) is 0 Å². The van der Waals surface area contributed by atoms with E-state index in [0.29, 0.717) is 6.04 Å². The summed E-state index contributed by atoms with van der Waals surface area (Å²) in [6.45, 7) is 3.01. The third-order valence-electron chi connectivity index (χ3n) is 4.68. The second kappa shape index (κ2) is 5.39. The van der Waals surface area contributed by atoms with Crippen LogP contribution in [0.1, 0.15) is 30.2 Å². The molecule has 3 N–H and O–H groups in total. The lowest BCUT2D eigenvalue weighted by Gasteiger charge is -2.46. The average Bonchev–Trinajstić information content (AvgIpc) is 3.04. The van der Waals surface area contributed by atoms with Crippen LogP contribution in [-0.4, -0.2) is 30.7 Å². The topological polar surface area (TPSA) is 48.6 Å². The van der Waals surface area contributed by atoms with Gasteiger partial charge in [-0.3, -0.25) is 5.01 Å². The minimum absolute atomic E-state index is 0.204. The fourth-order valence-corrected chi connectivity index (χ4v) is 5.33. The number of halogens is 1. The van der Waals surface area contributed by atoms with Crippen molar-refractivity contribution in [2.45, 2.75) is 43.9 Å². The maximum atomic E-state index is 6.36. The van der Waals surface area contributed by atoms with Gasteiger partial charge in [-0.05, 0) is 31.4 Å². The third kappa shape index (κ3) is 2.43. The molecule has 0 radical (unpaired) electrons. The Hall–Kier alpha value is -0.790. The highest BCUT2D eigenvalue weighted by Crippen LogP contribution is 2.48. The number of hydrogen-bond donors (Lipinski definition) is 3. The van der Waals surface area contributed by atoms with Crippen molar-refractivity contribution in [3.8, 4) is 0 Å². The summed E-state index contributed by atoms with van der Waals surface area (Å²) in [5, 5.41) is 5.61. The van der Waals surface area contributed by atoms with E-state index >= 15 is 0 Å². The number of hydrazine groups is 2. The Kier molecular flexibility index (Phi) is 3.62. The first-order chi connectivity index (χ1) is 10.6. The SMILES string of the molecule is C[C@H]1C[C@@]2(C[C@@H](C3=CN(C)NN3)N1)OCCc1cc(Cl)sc12. The van der Waals surface area contributed by atoms with Crippen molar-refractivity contribution in [3.05, 3.63) is 32.7 Å². The van der Waals surface area contributed by atoms with E-state index in [4.69, 9.17) is 16.3 Å². The highest BCUT2D eigenvalue weighted by molar-refractivity contribution is 7.16. The number of nitrogens with one attached hydrogen (secondary N) is 3. The van der Waals surface area contributed by atoms with E-state index in [1.807, 2.05) is 12.1 Å². The van der Waals surface area contributed by atoms with Crippen LogP contribution in [0, 0.1) is 0 Å². The summed E-state index contributed by atoms with van der Waals surface area (Å²) in [5.74, 6) is 0. The van der Waals surface area contributed by atoms with E-state index < -0.39 is 0 Å². The molecule has 120 valence electrons. The minimum atomic E-state index is -0.204. The van der Waals surface area contributed by atoms with Crippen molar-refractivity contribution in [1.82, 2.24) is 21.3 Å². The molecule has 3 aliphatic heterocycles. The molecule has 3 atom stereocenters. The first kappa shape index (κ1) is 14.8. The summed E-state index contributed by atoms with van der Waals surface area (Å²) in [7, 11) is 1.98. The van der Waals surface area contributed by atoms with Crippen molar-refractivity contribution in [3.63, 3.8) is 0 Å². The second-order valence-electron chi connectivity index (χ2n) is 6.46. The summed E-state index contributed by atoms with van der Waals surface area (Å²) in [5.41, 5.74) is 8.66. The molecule has 0 unspecified atom stereocenters. The van der Waals surface area contributed by atoms with E-state index in [1.165, 1.54) is 10.4 Å². The standard InChI is InChI=1S/C15H21ClN4OS/c1-9-6-15(7-11(17-9)12-8-20(2)19-18-12)14-10(3-4-21-15)5-13(16)22-14/h5,8-9,11,17-19H,3-4,6-7H2,1-2H3/t9-,11-,15-/m0/s1. The Balaban J connectivity index is 1.68. The number of ether oxygens (including phenoxy) is 1. The molecule has 22 heavy (non-hydrogen) atoms. The summed E-state index contributed by atoms with van der Waals surface area (Å²) >= 11 is 7.97. The summed E-state index contributed by atoms with van der Waals surface area (Å²) in [6.07, 6.45) is 4.98. The van der Waals surface area contributed by atoms with Crippen molar-refractivity contribution < 1.29 is 4.74 Å². The number of fused-ring (bicyclic) bond motifs is 2. The van der Waals surface area contributed by atoms with Crippen LogP contribution in [-0.2, 0) is 16.8 Å². The maximum absolute atomic E-state index is 6.36. The lowest BCUT2D eigenvalue weighted by Crippen LogP contribution is -2.55. The molecule has 1 aromatic heterocycles. The Labute approximate surface area is 139 Å². The first-order valence-electron chi connectivity index (χ1n) is 7.71. The predicted molar refractivity (Wildman–Crippen MR) is 88.4 cm³/mol. The lowest BCUT2D eigenvalue weighted by atomic mass is 9.79. The molecule has 4 heterocycles. The van der Waals surface area contributed by atoms with Crippen LogP contribution in [0.25, 0.3) is 0 Å². The fourth-order valence-electron chi connectivity index (χ4n) is 3.86. The number of hydrogen-bond acceptors (Lipinski definition) is 6. The molecule has 0 aliphatic carbocycles. The molecule has 1 fully saturated rings. The third-order valence-corrected chi connectivity index (χ3v) is 6.17. The Bertz CT molecular complexity index is 619. The van der Waals surface area contributed by atoms with Gasteiger partial charge in [0.15, 0.2) is 0 Å². The summed E-state index contributed by atoms with van der Waals surface area (Å²) < 4.78 is 7.23. The summed E-state index contributed by atoms with van der Waals surface area (Å²) in [4.78, 5) is 1.34. The van der Waals surface area contributed by atoms with Gasteiger partial charge >= 0.3 is 0 Å². The van der Waals surface area contributed by atoms with Crippen molar-refractivity contribution >= 4 is 22.9 Å². The monoisotopic (exact) mass is 340 g/mol. The second-order valence-corrected chi connectivity index (χ2v) is 8.14. The number of thiophene rings is 1. The van der Waals surface area contributed by atoms with Crippen LogP contribution in [0.3, 0.4) is 0 Å². The molecule has 7 heteroatoms. The van der Waals surface area contributed by atoms with Gasteiger partial charge in [0.1, 0.15) is 5.60 Å². The van der Waals surface area contributed by atoms with Gasteiger partial charge in [-0.15, -0.1) is 16.9 Å². The van der Waals surface area contributed by atoms with Crippen LogP contribution >= 0.6 is 22.9 Å². The smallest absolute Gasteiger partial charge is 0.106 e. The van der Waals surface area contributed by atoms with Gasteiger partial charge < -0.3 is 15.5 Å². The molecule has 1 aromatic rings. The molecule has 5 nitrogen and oxygen atoms in total. The van der Waals surface area contributed by atoms with Gasteiger partial charge in [0.25, 0.3) is 0 Å². The molecule has 0 saturated carbocycles. The van der Waals surface area contributed by atoms with Gasteiger partial charge in [-0.2, -0.15) is 0 Å². The number of nitrogens with zero attached hydrogens (tertiary/aromatic N) is 1. The van der Waals surface area contributed by atoms with Gasteiger partial charge in [0.05, 0.1) is 22.7 Å². The molecule has 3 aliphatic rings. The fraction of sp³-hybridized carbons (Fsp3) is 0.600. The van der Waals surface area contributed by atoms with E-state index in [9.17, 15) is 0 Å². The normalized spacial score (nSPS) is 34.5. The number of rotatable bonds is 1. The van der Waals surface area contributed by atoms with Crippen LogP contribution in [0.15, 0.2) is 18.0 Å². The van der Waals surface area contributed by atoms with Crippen molar-refractivity contribution in [2.24, 2.45) is 0 Å². The lowest BCUT2D eigenvalue weighted by molar-refractivity contribution is -0.0922. The van der Waals surface area contributed by atoms with Gasteiger partial charge in [0.2, 0.25) is 0 Å². The largest absolute Gasteiger partial charge is 0.369 e. The van der Waals surface area contributed by atoms with Crippen LogP contribution < -0.4 is 16.3 Å². The van der Waals surface area contributed by atoms with E-state index in [-0.39, 0.29) is 11.6 Å². The zero-order valence-electron chi connectivity index (χ0n) is 12.8. The molecule has 0 amide bonds. The molecule has 0 bridgehead atoms.